The summed E-state index contributed by atoms with van der Waals surface area (Å²) in [6.45, 7) is 6.72. The standard InChI is InChI=1S/C21H26N2O3/c1-4-26-20-8-6-5-7-19(20)23(17(3)24)14-13-21(25)22-15-18-11-9-16(2)10-12-18/h5-12H,4,13-15H2,1-3H3,(H,22,25). The van der Waals surface area contributed by atoms with Crippen molar-refractivity contribution in [2.75, 3.05) is 18.1 Å². The fraction of sp³-hybridized carbons (Fsp3) is 0.333. The van der Waals surface area contributed by atoms with E-state index in [4.69, 9.17) is 4.74 Å². The highest BCUT2D eigenvalue weighted by Gasteiger charge is 2.17. The van der Waals surface area contributed by atoms with Crippen LogP contribution >= 0.6 is 0 Å². The van der Waals surface area contributed by atoms with Crippen molar-refractivity contribution in [3.8, 4) is 5.75 Å². The van der Waals surface area contributed by atoms with Gasteiger partial charge in [0.15, 0.2) is 0 Å². The maximum atomic E-state index is 12.2. The SMILES string of the molecule is CCOc1ccccc1N(CCC(=O)NCc1ccc(C)cc1)C(C)=O. The van der Waals surface area contributed by atoms with Crippen LogP contribution in [0.2, 0.25) is 0 Å². The number of para-hydroxylation sites is 2. The first-order chi connectivity index (χ1) is 12.5. The van der Waals surface area contributed by atoms with Crippen molar-refractivity contribution < 1.29 is 14.3 Å². The molecule has 0 unspecified atom stereocenters. The summed E-state index contributed by atoms with van der Waals surface area (Å²) in [4.78, 5) is 25.8. The topological polar surface area (TPSA) is 58.6 Å². The quantitative estimate of drug-likeness (QED) is 0.790. The Kier molecular flexibility index (Phi) is 7.21. The molecule has 2 aromatic rings. The molecule has 2 rings (SSSR count). The minimum Gasteiger partial charge on any atom is -0.492 e. The van der Waals surface area contributed by atoms with E-state index in [9.17, 15) is 9.59 Å². The third kappa shape index (κ3) is 5.62. The molecule has 0 atom stereocenters. The number of hydrogen-bond donors (Lipinski definition) is 1. The third-order valence-corrected chi connectivity index (χ3v) is 4.01. The lowest BCUT2D eigenvalue weighted by Crippen LogP contribution is -2.34. The first-order valence-electron chi connectivity index (χ1n) is 8.83. The number of carbonyl (C=O) groups is 2. The van der Waals surface area contributed by atoms with Crippen molar-refractivity contribution in [1.82, 2.24) is 5.32 Å². The van der Waals surface area contributed by atoms with Gasteiger partial charge in [0.05, 0.1) is 12.3 Å². The maximum Gasteiger partial charge on any atom is 0.223 e. The number of benzene rings is 2. The molecule has 138 valence electrons. The molecule has 0 radical (unpaired) electrons. The van der Waals surface area contributed by atoms with Crippen LogP contribution in [-0.2, 0) is 16.1 Å². The van der Waals surface area contributed by atoms with E-state index in [1.807, 2.05) is 62.4 Å². The minimum absolute atomic E-state index is 0.0919. The van der Waals surface area contributed by atoms with Gasteiger partial charge in [-0.25, -0.2) is 0 Å². The predicted molar refractivity (Wildman–Crippen MR) is 103 cm³/mol. The Morgan fingerprint density at radius 3 is 2.42 bits per heavy atom. The molecule has 2 amide bonds. The van der Waals surface area contributed by atoms with E-state index in [-0.39, 0.29) is 18.2 Å². The highest BCUT2D eigenvalue weighted by atomic mass is 16.5. The highest BCUT2D eigenvalue weighted by molar-refractivity contribution is 5.93. The molecule has 2 aromatic carbocycles. The van der Waals surface area contributed by atoms with Crippen LogP contribution in [0.5, 0.6) is 5.75 Å². The molecule has 0 aliphatic carbocycles. The number of rotatable bonds is 8. The van der Waals surface area contributed by atoms with Gasteiger partial charge in [0, 0.05) is 26.4 Å². The van der Waals surface area contributed by atoms with Gasteiger partial charge in [-0.05, 0) is 31.5 Å². The van der Waals surface area contributed by atoms with Gasteiger partial charge >= 0.3 is 0 Å². The molecule has 0 aliphatic heterocycles. The molecular formula is C21H26N2O3. The zero-order chi connectivity index (χ0) is 18.9. The highest BCUT2D eigenvalue weighted by Crippen LogP contribution is 2.28. The molecule has 0 saturated heterocycles. The van der Waals surface area contributed by atoms with Gasteiger partial charge in [0.2, 0.25) is 11.8 Å². The number of carbonyl (C=O) groups excluding carboxylic acids is 2. The Bertz CT molecular complexity index is 741. The van der Waals surface area contributed by atoms with Crippen molar-refractivity contribution in [2.24, 2.45) is 0 Å². The van der Waals surface area contributed by atoms with Crippen LogP contribution in [0, 0.1) is 6.92 Å². The molecule has 0 aliphatic rings. The van der Waals surface area contributed by atoms with Crippen LogP contribution < -0.4 is 15.0 Å². The van der Waals surface area contributed by atoms with Gasteiger partial charge in [-0.15, -0.1) is 0 Å². The van der Waals surface area contributed by atoms with E-state index < -0.39 is 0 Å². The Balaban J connectivity index is 1.95. The van der Waals surface area contributed by atoms with Crippen molar-refractivity contribution in [3.05, 3.63) is 59.7 Å². The summed E-state index contributed by atoms with van der Waals surface area (Å²) in [5.41, 5.74) is 2.92. The molecule has 1 N–H and O–H groups in total. The lowest BCUT2D eigenvalue weighted by molar-refractivity contribution is -0.121. The van der Waals surface area contributed by atoms with Gasteiger partial charge in [-0.1, -0.05) is 42.0 Å². The van der Waals surface area contributed by atoms with Crippen LogP contribution in [0.1, 0.15) is 31.4 Å². The van der Waals surface area contributed by atoms with E-state index in [1.54, 1.807) is 4.90 Å². The normalized spacial score (nSPS) is 10.3. The molecule has 0 heterocycles. The monoisotopic (exact) mass is 354 g/mol. The smallest absolute Gasteiger partial charge is 0.223 e. The summed E-state index contributed by atoms with van der Waals surface area (Å²) in [7, 11) is 0. The number of ether oxygens (including phenoxy) is 1. The zero-order valence-electron chi connectivity index (χ0n) is 15.6. The Hall–Kier alpha value is -2.82. The molecule has 0 bridgehead atoms. The zero-order valence-corrected chi connectivity index (χ0v) is 15.6. The van der Waals surface area contributed by atoms with E-state index in [0.717, 1.165) is 5.56 Å². The molecule has 5 heteroatoms. The van der Waals surface area contributed by atoms with Gasteiger partial charge in [-0.2, -0.15) is 0 Å². The first kappa shape index (κ1) is 19.5. The summed E-state index contributed by atoms with van der Waals surface area (Å²) in [6, 6.07) is 15.4. The lowest BCUT2D eigenvalue weighted by atomic mass is 10.1. The molecule has 26 heavy (non-hydrogen) atoms. The average Bonchev–Trinajstić information content (AvgIpc) is 2.62. The van der Waals surface area contributed by atoms with Crippen LogP contribution in [0.3, 0.4) is 0 Å². The van der Waals surface area contributed by atoms with E-state index in [2.05, 4.69) is 5.32 Å². The minimum atomic E-state index is -0.122. The van der Waals surface area contributed by atoms with Crippen molar-refractivity contribution >= 4 is 17.5 Å². The van der Waals surface area contributed by atoms with Gasteiger partial charge in [-0.3, -0.25) is 9.59 Å². The van der Waals surface area contributed by atoms with E-state index in [1.165, 1.54) is 12.5 Å². The Labute approximate surface area is 155 Å². The maximum absolute atomic E-state index is 12.2. The summed E-state index contributed by atoms with van der Waals surface area (Å²) < 4.78 is 5.60. The third-order valence-electron chi connectivity index (χ3n) is 4.01. The van der Waals surface area contributed by atoms with E-state index >= 15 is 0 Å². The molecule has 0 saturated carbocycles. The fourth-order valence-corrected chi connectivity index (χ4v) is 2.61. The van der Waals surface area contributed by atoms with Crippen LogP contribution in [-0.4, -0.2) is 25.0 Å². The fourth-order valence-electron chi connectivity index (χ4n) is 2.61. The summed E-state index contributed by atoms with van der Waals surface area (Å²) in [5.74, 6) is 0.430. The second kappa shape index (κ2) is 9.61. The molecule has 0 aromatic heterocycles. The van der Waals surface area contributed by atoms with Crippen molar-refractivity contribution in [1.29, 1.82) is 0 Å². The number of hydrogen-bond acceptors (Lipinski definition) is 3. The molecule has 0 fully saturated rings. The van der Waals surface area contributed by atoms with Crippen LogP contribution in [0.25, 0.3) is 0 Å². The summed E-state index contributed by atoms with van der Waals surface area (Å²) >= 11 is 0. The predicted octanol–water partition coefficient (Wildman–Crippen LogP) is 3.45. The van der Waals surface area contributed by atoms with Crippen molar-refractivity contribution in [2.45, 2.75) is 33.7 Å². The molecule has 5 nitrogen and oxygen atoms in total. The summed E-state index contributed by atoms with van der Waals surface area (Å²) in [6.07, 6.45) is 0.228. The lowest BCUT2D eigenvalue weighted by Gasteiger charge is -2.23. The Morgan fingerprint density at radius 1 is 1.08 bits per heavy atom. The van der Waals surface area contributed by atoms with Crippen LogP contribution in [0.15, 0.2) is 48.5 Å². The Morgan fingerprint density at radius 2 is 1.77 bits per heavy atom. The average molecular weight is 354 g/mol. The number of amides is 2. The molecule has 0 spiro atoms. The second-order valence-corrected chi connectivity index (χ2v) is 6.08. The number of anilines is 1. The second-order valence-electron chi connectivity index (χ2n) is 6.08. The van der Waals surface area contributed by atoms with Crippen molar-refractivity contribution in [3.63, 3.8) is 0 Å². The first-order valence-corrected chi connectivity index (χ1v) is 8.83. The molecular weight excluding hydrogens is 328 g/mol. The largest absolute Gasteiger partial charge is 0.492 e. The summed E-state index contributed by atoms with van der Waals surface area (Å²) in [5, 5.41) is 2.90. The van der Waals surface area contributed by atoms with Gasteiger partial charge in [0.1, 0.15) is 5.75 Å². The number of aryl methyl sites for hydroxylation is 1. The van der Waals surface area contributed by atoms with Gasteiger partial charge in [0.25, 0.3) is 0 Å². The van der Waals surface area contributed by atoms with Gasteiger partial charge < -0.3 is 15.0 Å². The number of nitrogens with zero attached hydrogens (tertiary/aromatic N) is 1. The number of nitrogens with one attached hydrogen (secondary N) is 1. The van der Waals surface area contributed by atoms with E-state index in [0.29, 0.717) is 31.1 Å². The van der Waals surface area contributed by atoms with Crippen LogP contribution in [0.4, 0.5) is 5.69 Å².